The van der Waals surface area contributed by atoms with Gasteiger partial charge in [-0.25, -0.2) is 0 Å². The molecule has 0 fully saturated rings. The zero-order chi connectivity index (χ0) is 24.0. The second kappa shape index (κ2) is 7.01. The van der Waals surface area contributed by atoms with Gasteiger partial charge in [0.2, 0.25) is 0 Å². The highest BCUT2D eigenvalue weighted by molar-refractivity contribution is 6.59. The van der Waals surface area contributed by atoms with E-state index in [4.69, 9.17) is 8.83 Å². The van der Waals surface area contributed by atoms with Gasteiger partial charge in [-0.05, 0) is 54.0 Å². The van der Waals surface area contributed by atoms with Crippen LogP contribution in [0.15, 0.2) is 106 Å². The maximum absolute atomic E-state index is 9.60. The van der Waals surface area contributed by atoms with Crippen molar-refractivity contribution in [2.75, 3.05) is 0 Å². The summed E-state index contributed by atoms with van der Waals surface area (Å²) in [5, 5.41) is 25.3. The van der Waals surface area contributed by atoms with Crippen molar-refractivity contribution in [3.63, 3.8) is 0 Å². The molecule has 6 heteroatoms. The Kier molecular flexibility index (Phi) is 3.85. The van der Waals surface area contributed by atoms with Crippen LogP contribution in [0.3, 0.4) is 0 Å². The van der Waals surface area contributed by atoms with Crippen LogP contribution in [0, 0.1) is 0 Å². The second-order valence-electron chi connectivity index (χ2n) is 9.23. The Bertz CT molecular complexity index is 2090. The van der Waals surface area contributed by atoms with Crippen LogP contribution in [-0.4, -0.2) is 21.7 Å². The summed E-state index contributed by atoms with van der Waals surface area (Å²) in [6.45, 7) is 0. The Morgan fingerprint density at radius 3 is 1.64 bits per heavy atom. The highest BCUT2D eigenvalue weighted by atomic mass is 16.4. The number of para-hydroxylation sites is 2. The molecule has 0 aliphatic carbocycles. The molecule has 0 aliphatic heterocycles. The van der Waals surface area contributed by atoms with Crippen LogP contribution in [0.25, 0.3) is 71.4 Å². The van der Waals surface area contributed by atoms with Gasteiger partial charge in [-0.2, -0.15) is 0 Å². The third kappa shape index (κ3) is 2.62. The molecule has 2 N–H and O–H groups in total. The van der Waals surface area contributed by atoms with Crippen molar-refractivity contribution in [2.45, 2.75) is 0 Å². The van der Waals surface area contributed by atoms with E-state index in [0.29, 0.717) is 11.0 Å². The summed E-state index contributed by atoms with van der Waals surface area (Å²) >= 11 is 0. The number of hydrogen-bond acceptors (Lipinski definition) is 4. The number of hydrogen-bond donors (Lipinski definition) is 2. The molecule has 3 aromatic heterocycles. The Morgan fingerprint density at radius 1 is 0.500 bits per heavy atom. The van der Waals surface area contributed by atoms with Crippen LogP contribution in [-0.2, 0) is 0 Å². The Balaban J connectivity index is 1.40. The third-order valence-electron chi connectivity index (χ3n) is 7.21. The molecule has 0 saturated carbocycles. The predicted octanol–water partition coefficient (Wildman–Crippen LogP) is 6.26. The average molecular weight is 467 g/mol. The second-order valence-corrected chi connectivity index (χ2v) is 9.23. The quantitative estimate of drug-likeness (QED) is 0.295. The summed E-state index contributed by atoms with van der Waals surface area (Å²) in [6, 6.07) is 32.4. The van der Waals surface area contributed by atoms with E-state index in [-0.39, 0.29) is 0 Å². The van der Waals surface area contributed by atoms with E-state index in [1.807, 2.05) is 18.2 Å². The minimum atomic E-state index is -1.53. The lowest BCUT2D eigenvalue weighted by atomic mass is 9.80. The van der Waals surface area contributed by atoms with E-state index in [1.54, 1.807) is 18.2 Å². The largest absolute Gasteiger partial charge is 0.488 e. The van der Waals surface area contributed by atoms with Gasteiger partial charge in [-0.15, -0.1) is 0 Å². The normalized spacial score (nSPS) is 12.2. The fourth-order valence-corrected chi connectivity index (χ4v) is 5.55. The number of aromatic nitrogens is 1. The topological polar surface area (TPSA) is 71.7 Å². The lowest BCUT2D eigenvalue weighted by molar-refractivity contribution is 0.426. The molecule has 5 aromatic carbocycles. The first-order valence-electron chi connectivity index (χ1n) is 11.8. The molecular formula is C30H18BNO4. The number of benzene rings is 5. The van der Waals surface area contributed by atoms with Crippen LogP contribution in [0.1, 0.15) is 0 Å². The van der Waals surface area contributed by atoms with Gasteiger partial charge in [0.15, 0.2) is 0 Å². The lowest BCUT2D eigenvalue weighted by Gasteiger charge is -2.07. The molecule has 0 saturated heterocycles. The van der Waals surface area contributed by atoms with Crippen LogP contribution >= 0.6 is 0 Å². The Labute approximate surface area is 204 Å². The monoisotopic (exact) mass is 467 g/mol. The van der Waals surface area contributed by atoms with Gasteiger partial charge in [0.25, 0.3) is 0 Å². The number of furan rings is 2. The predicted molar refractivity (Wildman–Crippen MR) is 145 cm³/mol. The molecule has 8 aromatic rings. The van der Waals surface area contributed by atoms with Gasteiger partial charge >= 0.3 is 7.12 Å². The van der Waals surface area contributed by atoms with Gasteiger partial charge in [0.1, 0.15) is 22.3 Å². The van der Waals surface area contributed by atoms with Crippen molar-refractivity contribution >= 4 is 78.3 Å². The van der Waals surface area contributed by atoms with Crippen LogP contribution in [0.4, 0.5) is 0 Å². The fourth-order valence-electron chi connectivity index (χ4n) is 5.55. The minimum absolute atomic E-state index is 0.422. The Morgan fingerprint density at radius 2 is 1.03 bits per heavy atom. The molecule has 0 bridgehead atoms. The molecule has 0 spiro atoms. The van der Waals surface area contributed by atoms with E-state index in [2.05, 4.69) is 65.2 Å². The van der Waals surface area contributed by atoms with Gasteiger partial charge in [0.05, 0.1) is 11.0 Å². The molecule has 0 amide bonds. The van der Waals surface area contributed by atoms with Crippen molar-refractivity contribution in [3.05, 3.63) is 97.1 Å². The summed E-state index contributed by atoms with van der Waals surface area (Å²) in [4.78, 5) is 0. The minimum Gasteiger partial charge on any atom is -0.456 e. The first-order chi connectivity index (χ1) is 17.7. The Hall–Kier alpha value is -4.52. The maximum Gasteiger partial charge on any atom is 0.488 e. The van der Waals surface area contributed by atoms with Gasteiger partial charge in [-0.1, -0.05) is 48.5 Å². The average Bonchev–Trinajstić information content (AvgIpc) is 3.55. The third-order valence-corrected chi connectivity index (χ3v) is 7.21. The fraction of sp³-hybridized carbons (Fsp3) is 0. The highest BCUT2D eigenvalue weighted by Crippen LogP contribution is 2.38. The zero-order valence-corrected chi connectivity index (χ0v) is 19.0. The molecule has 0 atom stereocenters. The van der Waals surface area contributed by atoms with Crippen molar-refractivity contribution < 1.29 is 18.9 Å². The molecule has 36 heavy (non-hydrogen) atoms. The van der Waals surface area contributed by atoms with Crippen LogP contribution in [0.2, 0.25) is 0 Å². The lowest BCUT2D eigenvalue weighted by Crippen LogP contribution is -2.29. The highest BCUT2D eigenvalue weighted by Gasteiger charge is 2.18. The van der Waals surface area contributed by atoms with E-state index >= 15 is 0 Å². The first-order valence-corrected chi connectivity index (χ1v) is 11.8. The SMILES string of the molecule is OB(O)c1ccc2oc3cc4c(cc3c2c1)oc1ccc(-n2c3ccccc3c3ccccc32)cc14. The van der Waals surface area contributed by atoms with Crippen molar-refractivity contribution in [1.82, 2.24) is 4.57 Å². The summed E-state index contributed by atoms with van der Waals surface area (Å²) in [7, 11) is -1.53. The standard InChI is InChI=1S/C30H18BNO4/c33-31(34)17-9-11-27-21(13-17)23-15-30-24(16-29(23)35-27)22-14-18(10-12-28(22)36-30)32-25-7-3-1-5-19(25)20-6-2-4-8-26(20)32/h1-16,33-34H. The van der Waals surface area contributed by atoms with Gasteiger partial charge in [-0.3, -0.25) is 0 Å². The van der Waals surface area contributed by atoms with E-state index in [1.165, 1.54) is 10.8 Å². The van der Waals surface area contributed by atoms with Gasteiger partial charge < -0.3 is 23.4 Å². The zero-order valence-electron chi connectivity index (χ0n) is 19.0. The number of nitrogens with zero attached hydrogens (tertiary/aromatic N) is 1. The number of rotatable bonds is 2. The van der Waals surface area contributed by atoms with E-state index in [0.717, 1.165) is 55.0 Å². The van der Waals surface area contributed by atoms with Crippen LogP contribution in [0.5, 0.6) is 0 Å². The molecule has 3 heterocycles. The summed E-state index contributed by atoms with van der Waals surface area (Å²) in [5.74, 6) is 0. The number of fused-ring (bicyclic) bond motifs is 9. The molecule has 0 unspecified atom stereocenters. The van der Waals surface area contributed by atoms with E-state index < -0.39 is 7.12 Å². The molecule has 5 nitrogen and oxygen atoms in total. The molecule has 0 radical (unpaired) electrons. The van der Waals surface area contributed by atoms with Crippen molar-refractivity contribution in [3.8, 4) is 5.69 Å². The first kappa shape index (κ1) is 19.8. The summed E-state index contributed by atoms with van der Waals surface area (Å²) < 4.78 is 14.7. The van der Waals surface area contributed by atoms with E-state index in [9.17, 15) is 10.0 Å². The van der Waals surface area contributed by atoms with Crippen LogP contribution < -0.4 is 5.46 Å². The summed E-state index contributed by atoms with van der Waals surface area (Å²) in [6.07, 6.45) is 0. The summed E-state index contributed by atoms with van der Waals surface area (Å²) in [5.41, 5.74) is 6.79. The smallest absolute Gasteiger partial charge is 0.456 e. The molecule has 8 rings (SSSR count). The van der Waals surface area contributed by atoms with Gasteiger partial charge in [0, 0.05) is 38.0 Å². The molecule has 0 aliphatic rings. The maximum atomic E-state index is 9.60. The molecular weight excluding hydrogens is 449 g/mol. The molecule has 170 valence electrons. The van der Waals surface area contributed by atoms with Crippen molar-refractivity contribution in [1.29, 1.82) is 0 Å². The van der Waals surface area contributed by atoms with Crippen molar-refractivity contribution in [2.24, 2.45) is 0 Å².